The molecule has 42 heavy (non-hydrogen) atoms. The van der Waals surface area contributed by atoms with Gasteiger partial charge in [0.05, 0.1) is 45.8 Å². The number of nitro benzene ring substituents is 1. The van der Waals surface area contributed by atoms with E-state index in [1.807, 2.05) is 12.1 Å². The lowest BCUT2D eigenvalue weighted by Gasteiger charge is -2.32. The van der Waals surface area contributed by atoms with Crippen LogP contribution in [0.2, 0.25) is 0 Å². The Morgan fingerprint density at radius 2 is 2.00 bits per heavy atom. The maximum Gasteiger partial charge on any atom is 0.271 e. The molecule has 2 aliphatic heterocycles. The third kappa shape index (κ3) is 5.58. The molecule has 222 valence electrons. The number of nitro groups is 1. The summed E-state index contributed by atoms with van der Waals surface area (Å²) in [5.74, 6) is -1.18. The number of aromatic hydroxyl groups is 1. The molecule has 0 saturated carbocycles. The van der Waals surface area contributed by atoms with Gasteiger partial charge in [0.25, 0.3) is 5.69 Å². The summed E-state index contributed by atoms with van der Waals surface area (Å²) < 4.78 is 12.4. The number of non-ortho nitro benzene ring substituents is 1. The highest BCUT2D eigenvalue weighted by molar-refractivity contribution is 14.1. The molecule has 2 heterocycles. The Labute approximate surface area is 258 Å². The van der Waals surface area contributed by atoms with Gasteiger partial charge in [-0.25, -0.2) is 4.90 Å². The number of anilines is 1. The van der Waals surface area contributed by atoms with Crippen molar-refractivity contribution in [2.24, 2.45) is 17.8 Å². The van der Waals surface area contributed by atoms with Crippen molar-refractivity contribution in [3.8, 4) is 11.5 Å². The van der Waals surface area contributed by atoms with Gasteiger partial charge in [-0.3, -0.25) is 19.7 Å². The molecule has 10 heteroatoms. The molecule has 3 aliphatic rings. The Morgan fingerprint density at radius 3 is 2.69 bits per heavy atom. The number of benzene rings is 2. The molecule has 0 radical (unpaired) electrons. The number of allylic oxidation sites excluding steroid dienone is 2. The highest BCUT2D eigenvalue weighted by Gasteiger charge is 2.57. The number of carbonyl (C=O) groups is 2. The number of fused-ring (bicyclic) bond motifs is 3. The summed E-state index contributed by atoms with van der Waals surface area (Å²) in [6.07, 6.45) is 6.70. The van der Waals surface area contributed by atoms with Crippen LogP contribution in [0.4, 0.5) is 11.4 Å². The third-order valence-corrected chi connectivity index (χ3v) is 9.50. The van der Waals surface area contributed by atoms with Crippen LogP contribution in [0.5, 0.6) is 11.5 Å². The van der Waals surface area contributed by atoms with Crippen LogP contribution in [0.1, 0.15) is 57.9 Å². The van der Waals surface area contributed by atoms with E-state index in [0.29, 0.717) is 18.8 Å². The number of rotatable bonds is 10. The van der Waals surface area contributed by atoms with Crippen LogP contribution < -0.4 is 9.64 Å². The Balaban J connectivity index is 1.39. The van der Waals surface area contributed by atoms with Crippen LogP contribution in [0.15, 0.2) is 53.1 Å². The lowest BCUT2D eigenvalue weighted by Crippen LogP contribution is -2.34. The van der Waals surface area contributed by atoms with Gasteiger partial charge < -0.3 is 14.6 Å². The summed E-state index contributed by atoms with van der Waals surface area (Å²) in [7, 11) is 1.54. The molecule has 2 saturated heterocycles. The van der Waals surface area contributed by atoms with Crippen molar-refractivity contribution in [1.82, 2.24) is 0 Å². The van der Waals surface area contributed by atoms with Crippen molar-refractivity contribution in [3.63, 3.8) is 0 Å². The second kappa shape index (κ2) is 12.5. The maximum absolute atomic E-state index is 13.8. The molecular weight excluding hydrogens is 651 g/mol. The molecule has 0 aromatic heterocycles. The molecule has 9 nitrogen and oxygen atoms in total. The zero-order valence-corrected chi connectivity index (χ0v) is 26.1. The van der Waals surface area contributed by atoms with Gasteiger partial charge in [0.2, 0.25) is 11.8 Å². The number of methoxy groups -OCH3 is 1. The molecule has 0 bridgehead atoms. The zero-order valence-electron chi connectivity index (χ0n) is 24.0. The number of hydrogen-bond acceptors (Lipinski definition) is 7. The molecule has 0 unspecified atom stereocenters. The van der Waals surface area contributed by atoms with Crippen LogP contribution in [0.3, 0.4) is 0 Å². The fourth-order valence-corrected chi connectivity index (χ4v) is 7.37. The first-order valence-electron chi connectivity index (χ1n) is 14.4. The number of carbonyl (C=O) groups excluding carboxylic acids is 2. The Morgan fingerprint density at radius 1 is 1.21 bits per heavy atom. The summed E-state index contributed by atoms with van der Waals surface area (Å²) in [6.45, 7) is 4.61. The normalized spacial score (nSPS) is 23.8. The number of nitrogens with zero attached hydrogens (tertiary/aromatic N) is 2. The molecule has 5 rings (SSSR count). The zero-order chi connectivity index (χ0) is 30.1. The third-order valence-electron chi connectivity index (χ3n) is 8.68. The van der Waals surface area contributed by atoms with Gasteiger partial charge in [0, 0.05) is 18.1 Å². The Kier molecular flexibility index (Phi) is 9.03. The van der Waals surface area contributed by atoms with Gasteiger partial charge in [0.15, 0.2) is 11.5 Å². The minimum absolute atomic E-state index is 0.128. The number of amides is 2. The SMILES string of the molecule is CCCC1=C2[C@@H](CC/C(=C/c3cc(I)c(O)c(OC)c3)CC)OC[C@@H]2[C@@H]2C(=O)N(c3cccc([N+](=O)[O-])c3)C(=O)[C@@H]2C1. The summed E-state index contributed by atoms with van der Waals surface area (Å²) in [5.41, 5.74) is 4.68. The quantitative estimate of drug-likeness (QED) is 0.0960. The van der Waals surface area contributed by atoms with Crippen LogP contribution in [-0.4, -0.2) is 41.7 Å². The van der Waals surface area contributed by atoms with Crippen molar-refractivity contribution < 1.29 is 29.1 Å². The van der Waals surface area contributed by atoms with Crippen molar-refractivity contribution in [2.75, 3.05) is 18.6 Å². The smallest absolute Gasteiger partial charge is 0.271 e. The molecule has 2 fully saturated rings. The van der Waals surface area contributed by atoms with E-state index >= 15 is 0 Å². The minimum atomic E-state index is -0.523. The summed E-state index contributed by atoms with van der Waals surface area (Å²) in [5, 5.41) is 21.6. The van der Waals surface area contributed by atoms with Gasteiger partial charge in [-0.05, 0) is 84.0 Å². The van der Waals surface area contributed by atoms with E-state index in [1.165, 1.54) is 42.0 Å². The molecule has 4 atom stereocenters. The second-order valence-electron chi connectivity index (χ2n) is 11.1. The van der Waals surface area contributed by atoms with Gasteiger partial charge in [-0.1, -0.05) is 43.6 Å². The predicted molar refractivity (Wildman–Crippen MR) is 167 cm³/mol. The van der Waals surface area contributed by atoms with Gasteiger partial charge in [-0.2, -0.15) is 0 Å². The number of phenols is 1. The molecule has 2 aromatic rings. The molecule has 0 spiro atoms. The Bertz CT molecular complexity index is 1480. The van der Waals surface area contributed by atoms with Gasteiger partial charge in [-0.15, -0.1) is 0 Å². The lowest BCUT2D eigenvalue weighted by molar-refractivity contribution is -0.384. The first kappa shape index (κ1) is 30.2. The highest BCUT2D eigenvalue weighted by Crippen LogP contribution is 2.51. The van der Waals surface area contributed by atoms with Crippen molar-refractivity contribution >= 4 is 51.9 Å². The number of imide groups is 1. The van der Waals surface area contributed by atoms with Crippen LogP contribution >= 0.6 is 22.6 Å². The highest BCUT2D eigenvalue weighted by atomic mass is 127. The average Bonchev–Trinajstić information content (AvgIpc) is 3.51. The number of phenolic OH excluding ortho intramolecular Hbond substituents is 1. The van der Waals surface area contributed by atoms with Crippen molar-refractivity contribution in [3.05, 3.63) is 72.4 Å². The van der Waals surface area contributed by atoms with Crippen LogP contribution in [0, 0.1) is 31.4 Å². The molecule has 2 aromatic carbocycles. The predicted octanol–water partition coefficient (Wildman–Crippen LogP) is 6.81. The minimum Gasteiger partial charge on any atom is -0.504 e. The average molecular weight is 687 g/mol. The standard InChI is InChI=1S/C32H35IN2O7/c1-4-7-20-15-23-29(32(38)34(31(23)37)21-8-6-9-22(16-21)35(39)40)24-17-42-26(28(20)24)11-10-18(5-2)12-19-13-25(33)30(36)27(14-19)41-3/h6,8-9,12-14,16,23-24,26,29,36H,4-5,7,10-11,15,17H2,1-3H3/b18-12+/t23-,24+,26-,29-/m1/s1. The first-order chi connectivity index (χ1) is 20.2. The monoisotopic (exact) mass is 686 g/mol. The number of ether oxygens (including phenoxy) is 2. The van der Waals surface area contributed by atoms with Gasteiger partial charge >= 0.3 is 0 Å². The van der Waals surface area contributed by atoms with E-state index in [4.69, 9.17) is 9.47 Å². The fraction of sp³-hybridized carbons (Fsp3) is 0.438. The summed E-state index contributed by atoms with van der Waals surface area (Å²) >= 11 is 2.09. The topological polar surface area (TPSA) is 119 Å². The lowest BCUT2D eigenvalue weighted by atomic mass is 9.68. The van der Waals surface area contributed by atoms with Crippen molar-refractivity contribution in [2.45, 2.75) is 58.5 Å². The number of hydrogen-bond donors (Lipinski definition) is 1. The largest absolute Gasteiger partial charge is 0.504 e. The second-order valence-corrected chi connectivity index (χ2v) is 12.3. The first-order valence-corrected chi connectivity index (χ1v) is 15.5. The van der Waals surface area contributed by atoms with Crippen LogP contribution in [-0.2, 0) is 14.3 Å². The van der Waals surface area contributed by atoms with E-state index in [-0.39, 0.29) is 41.0 Å². The fourth-order valence-electron chi connectivity index (χ4n) is 6.75. The maximum atomic E-state index is 13.8. The summed E-state index contributed by atoms with van der Waals surface area (Å²) in [4.78, 5) is 39.4. The van der Waals surface area contributed by atoms with Crippen LogP contribution in [0.25, 0.3) is 6.08 Å². The van der Waals surface area contributed by atoms with E-state index in [1.54, 1.807) is 6.07 Å². The van der Waals surface area contributed by atoms with Crippen molar-refractivity contribution in [1.29, 1.82) is 0 Å². The van der Waals surface area contributed by atoms with E-state index < -0.39 is 16.8 Å². The molecule has 1 aliphatic carbocycles. The van der Waals surface area contributed by atoms with Gasteiger partial charge in [0.1, 0.15) is 0 Å². The molecule has 2 amide bonds. The van der Waals surface area contributed by atoms with E-state index in [0.717, 1.165) is 46.1 Å². The molecular formula is C32H35IN2O7. The van der Waals surface area contributed by atoms with E-state index in [2.05, 4.69) is 42.5 Å². The Hall–Kier alpha value is -3.25. The van der Waals surface area contributed by atoms with E-state index in [9.17, 15) is 24.8 Å². The summed E-state index contributed by atoms with van der Waals surface area (Å²) in [6, 6.07) is 9.49. The molecule has 1 N–H and O–H groups in total. The number of halogens is 1.